The number of aryl methyl sites for hydroxylation is 1. The van der Waals surface area contributed by atoms with E-state index in [4.69, 9.17) is 4.42 Å². The topological polar surface area (TPSA) is 53.8 Å². The molecular formula is C24H26N2O3S. The predicted molar refractivity (Wildman–Crippen MR) is 118 cm³/mol. The number of amides is 2. The molecule has 0 unspecified atom stereocenters. The second-order valence-electron chi connectivity index (χ2n) is 7.65. The van der Waals surface area contributed by atoms with Crippen LogP contribution in [0.4, 0.5) is 0 Å². The number of hydrogen-bond donors (Lipinski definition) is 0. The third-order valence-electron chi connectivity index (χ3n) is 5.52. The zero-order chi connectivity index (χ0) is 21.1. The Hall–Kier alpha value is -2.86. The summed E-state index contributed by atoms with van der Waals surface area (Å²) in [5, 5.41) is 2.10. The summed E-state index contributed by atoms with van der Waals surface area (Å²) >= 11 is 1.75. The Balaban J connectivity index is 1.61. The van der Waals surface area contributed by atoms with Crippen LogP contribution < -0.4 is 0 Å². The van der Waals surface area contributed by atoms with Crippen molar-refractivity contribution < 1.29 is 14.0 Å². The van der Waals surface area contributed by atoms with Gasteiger partial charge in [0.15, 0.2) is 5.76 Å². The van der Waals surface area contributed by atoms with E-state index < -0.39 is 0 Å². The van der Waals surface area contributed by atoms with Gasteiger partial charge in [0.2, 0.25) is 5.91 Å². The minimum Gasteiger partial charge on any atom is -0.459 e. The predicted octanol–water partition coefficient (Wildman–Crippen LogP) is 4.68. The number of rotatable bonds is 6. The van der Waals surface area contributed by atoms with E-state index in [2.05, 4.69) is 42.6 Å². The lowest BCUT2D eigenvalue weighted by Gasteiger charge is -2.37. The molecule has 0 fully saturated rings. The van der Waals surface area contributed by atoms with E-state index in [9.17, 15) is 9.59 Å². The normalized spacial score (nSPS) is 15.7. The Morgan fingerprint density at radius 3 is 2.70 bits per heavy atom. The average molecular weight is 423 g/mol. The van der Waals surface area contributed by atoms with E-state index in [1.54, 1.807) is 28.4 Å². The van der Waals surface area contributed by atoms with Gasteiger partial charge >= 0.3 is 0 Å². The number of fused-ring (bicyclic) bond motifs is 1. The molecule has 5 nitrogen and oxygen atoms in total. The lowest BCUT2D eigenvalue weighted by atomic mass is 9.92. The van der Waals surface area contributed by atoms with Crippen molar-refractivity contribution in [2.75, 3.05) is 19.6 Å². The maximum absolute atomic E-state index is 13.4. The molecule has 4 rings (SSSR count). The highest BCUT2D eigenvalue weighted by molar-refractivity contribution is 7.10. The van der Waals surface area contributed by atoms with Crippen molar-refractivity contribution in [3.8, 4) is 0 Å². The Morgan fingerprint density at radius 2 is 2.00 bits per heavy atom. The molecule has 0 saturated carbocycles. The van der Waals surface area contributed by atoms with Gasteiger partial charge in [-0.3, -0.25) is 9.59 Å². The Bertz CT molecular complexity index is 1010. The first-order chi connectivity index (χ1) is 14.6. The SMILES string of the molecule is CCCN(CC(=O)N1CCc2sccc2[C@@H]1c1ccc(C)cc1)C(=O)c1ccco1. The van der Waals surface area contributed by atoms with Gasteiger partial charge in [-0.05, 0) is 54.5 Å². The van der Waals surface area contributed by atoms with Crippen molar-refractivity contribution in [1.29, 1.82) is 0 Å². The van der Waals surface area contributed by atoms with Crippen molar-refractivity contribution in [3.63, 3.8) is 0 Å². The van der Waals surface area contributed by atoms with Crippen LogP contribution in [0.2, 0.25) is 0 Å². The number of benzene rings is 1. The summed E-state index contributed by atoms with van der Waals surface area (Å²) in [5.74, 6) is -0.00815. The van der Waals surface area contributed by atoms with Gasteiger partial charge in [0.25, 0.3) is 5.91 Å². The highest BCUT2D eigenvalue weighted by Crippen LogP contribution is 2.38. The van der Waals surface area contributed by atoms with Gasteiger partial charge < -0.3 is 14.2 Å². The largest absolute Gasteiger partial charge is 0.459 e. The molecule has 1 aliphatic rings. The fraction of sp³-hybridized carbons (Fsp3) is 0.333. The quantitative estimate of drug-likeness (QED) is 0.580. The van der Waals surface area contributed by atoms with Crippen LogP contribution in [0.25, 0.3) is 0 Å². The van der Waals surface area contributed by atoms with Crippen molar-refractivity contribution >= 4 is 23.2 Å². The summed E-state index contributed by atoms with van der Waals surface area (Å²) in [6, 6.07) is 13.7. The molecule has 0 spiro atoms. The molecule has 0 saturated heterocycles. The highest BCUT2D eigenvalue weighted by Gasteiger charge is 2.34. The lowest BCUT2D eigenvalue weighted by molar-refractivity contribution is -0.134. The van der Waals surface area contributed by atoms with E-state index in [0.29, 0.717) is 13.1 Å². The van der Waals surface area contributed by atoms with E-state index in [-0.39, 0.29) is 30.2 Å². The van der Waals surface area contributed by atoms with Crippen LogP contribution in [0.5, 0.6) is 0 Å². The molecule has 2 aromatic heterocycles. The summed E-state index contributed by atoms with van der Waals surface area (Å²) in [4.78, 5) is 31.1. The lowest BCUT2D eigenvalue weighted by Crippen LogP contribution is -2.47. The molecular weight excluding hydrogens is 396 g/mol. The standard InChI is InChI=1S/C24H26N2O3S/c1-3-12-25(24(28)20-5-4-14-29-20)16-22(27)26-13-10-21-19(11-15-30-21)23(26)18-8-6-17(2)7-9-18/h4-9,11,14-15,23H,3,10,12-13,16H2,1-2H3/t23-/m0/s1. The molecule has 1 atom stereocenters. The maximum Gasteiger partial charge on any atom is 0.290 e. The highest BCUT2D eigenvalue weighted by atomic mass is 32.1. The van der Waals surface area contributed by atoms with Crippen LogP contribution in [0.3, 0.4) is 0 Å². The zero-order valence-electron chi connectivity index (χ0n) is 17.3. The molecule has 0 bridgehead atoms. The molecule has 3 heterocycles. The average Bonchev–Trinajstić information content (AvgIpc) is 3.44. The van der Waals surface area contributed by atoms with Crippen LogP contribution in [0, 0.1) is 6.92 Å². The van der Waals surface area contributed by atoms with Gasteiger partial charge in [-0.2, -0.15) is 0 Å². The second-order valence-corrected chi connectivity index (χ2v) is 8.65. The summed E-state index contributed by atoms with van der Waals surface area (Å²) in [6.07, 6.45) is 3.10. The molecule has 30 heavy (non-hydrogen) atoms. The molecule has 0 aliphatic carbocycles. The summed E-state index contributed by atoms with van der Waals surface area (Å²) in [7, 11) is 0. The van der Waals surface area contributed by atoms with E-state index in [1.165, 1.54) is 22.3 Å². The van der Waals surface area contributed by atoms with E-state index in [0.717, 1.165) is 18.4 Å². The smallest absolute Gasteiger partial charge is 0.290 e. The number of carbonyl (C=O) groups is 2. The third kappa shape index (κ3) is 4.05. The molecule has 2 amide bonds. The van der Waals surface area contributed by atoms with E-state index >= 15 is 0 Å². The van der Waals surface area contributed by atoms with Gasteiger partial charge in [-0.15, -0.1) is 11.3 Å². The Morgan fingerprint density at radius 1 is 1.20 bits per heavy atom. The zero-order valence-corrected chi connectivity index (χ0v) is 18.2. The molecule has 0 N–H and O–H groups in total. The van der Waals surface area contributed by atoms with Crippen molar-refractivity contribution in [1.82, 2.24) is 9.80 Å². The fourth-order valence-corrected chi connectivity index (χ4v) is 4.93. The molecule has 156 valence electrons. The summed E-state index contributed by atoms with van der Waals surface area (Å²) in [6.45, 7) is 5.28. The van der Waals surface area contributed by atoms with Gasteiger partial charge in [-0.1, -0.05) is 36.8 Å². The fourth-order valence-electron chi connectivity index (χ4n) is 4.03. The van der Waals surface area contributed by atoms with Crippen LogP contribution in [0.15, 0.2) is 58.5 Å². The maximum atomic E-state index is 13.4. The Kier molecular flexibility index (Phi) is 6.04. The second kappa shape index (κ2) is 8.88. The Labute approximate surface area is 180 Å². The van der Waals surface area contributed by atoms with Gasteiger partial charge in [-0.25, -0.2) is 0 Å². The van der Waals surface area contributed by atoms with E-state index in [1.807, 2.05) is 11.8 Å². The van der Waals surface area contributed by atoms with Crippen molar-refractivity contribution in [3.05, 3.63) is 81.4 Å². The third-order valence-corrected chi connectivity index (χ3v) is 6.51. The van der Waals surface area contributed by atoms with Gasteiger partial charge in [0, 0.05) is 18.0 Å². The van der Waals surface area contributed by atoms with Crippen LogP contribution >= 0.6 is 11.3 Å². The first-order valence-corrected chi connectivity index (χ1v) is 11.2. The van der Waals surface area contributed by atoms with Crippen molar-refractivity contribution in [2.45, 2.75) is 32.7 Å². The van der Waals surface area contributed by atoms with Crippen molar-refractivity contribution in [2.24, 2.45) is 0 Å². The van der Waals surface area contributed by atoms with Crippen LogP contribution in [0.1, 0.15) is 51.5 Å². The number of furan rings is 1. The number of thiophene rings is 1. The number of nitrogens with zero attached hydrogens (tertiary/aromatic N) is 2. The first-order valence-electron chi connectivity index (χ1n) is 10.3. The minimum absolute atomic E-state index is 0.0363. The summed E-state index contributed by atoms with van der Waals surface area (Å²) < 4.78 is 5.27. The van der Waals surface area contributed by atoms with Gasteiger partial charge in [0.1, 0.15) is 6.54 Å². The molecule has 1 aromatic carbocycles. The van der Waals surface area contributed by atoms with Crippen LogP contribution in [-0.2, 0) is 11.2 Å². The molecule has 1 aliphatic heterocycles. The molecule has 3 aromatic rings. The molecule has 0 radical (unpaired) electrons. The monoisotopic (exact) mass is 422 g/mol. The van der Waals surface area contributed by atoms with Gasteiger partial charge in [0.05, 0.1) is 12.3 Å². The molecule has 6 heteroatoms. The summed E-state index contributed by atoms with van der Waals surface area (Å²) in [5.41, 5.74) is 3.49. The minimum atomic E-state index is -0.240. The number of carbonyl (C=O) groups excluding carboxylic acids is 2. The number of hydrogen-bond acceptors (Lipinski definition) is 4. The first kappa shape index (κ1) is 20.4. The van der Waals surface area contributed by atoms with Crippen LogP contribution in [-0.4, -0.2) is 41.2 Å².